The van der Waals surface area contributed by atoms with E-state index in [1.165, 1.54) is 16.4 Å². The lowest BCUT2D eigenvalue weighted by molar-refractivity contribution is -0.158. The molecule has 2 aromatic rings. The van der Waals surface area contributed by atoms with Crippen molar-refractivity contribution < 1.29 is 22.4 Å². The lowest BCUT2D eigenvalue weighted by atomic mass is 10.0. The van der Waals surface area contributed by atoms with Crippen LogP contribution in [0.4, 0.5) is 4.39 Å². The Morgan fingerprint density at radius 3 is 2.31 bits per heavy atom. The summed E-state index contributed by atoms with van der Waals surface area (Å²) in [7, 11) is -3.82. The Kier molecular flexibility index (Phi) is 6.30. The molecule has 0 spiro atoms. The molecule has 0 unspecified atom stereocenters. The molecule has 0 saturated carbocycles. The second-order valence-corrected chi connectivity index (χ2v) is 10.2. The number of hydrogen-bond donors (Lipinski definition) is 0. The van der Waals surface area contributed by atoms with E-state index in [0.29, 0.717) is 38.0 Å². The van der Waals surface area contributed by atoms with Crippen molar-refractivity contribution in [2.24, 2.45) is 0 Å². The van der Waals surface area contributed by atoms with Crippen molar-refractivity contribution in [3.05, 3.63) is 65.5 Å². The fourth-order valence-electron chi connectivity index (χ4n) is 4.38. The van der Waals surface area contributed by atoms with Gasteiger partial charge in [0.05, 0.1) is 4.90 Å². The molecular weight excluding hydrogens is 433 g/mol. The van der Waals surface area contributed by atoms with Gasteiger partial charge in [-0.1, -0.05) is 36.4 Å². The van der Waals surface area contributed by atoms with Gasteiger partial charge < -0.3 is 9.80 Å². The van der Waals surface area contributed by atoms with Gasteiger partial charge >= 0.3 is 11.8 Å². The predicted octanol–water partition coefficient (Wildman–Crippen LogP) is 2.16. The van der Waals surface area contributed by atoms with Crippen LogP contribution in [0.2, 0.25) is 0 Å². The number of benzene rings is 2. The Morgan fingerprint density at radius 1 is 0.938 bits per heavy atom. The standard InChI is InChI=1S/C23H26FN3O4S/c1-17-7-8-19(24)15-21(17)32(30,31)26-11-9-20(10-12-26)27-14-13-25(22(28)23(27)29)16-18-5-3-2-4-6-18/h2-8,15,20H,9-14,16H2,1H3. The summed E-state index contributed by atoms with van der Waals surface area (Å²) >= 11 is 0. The maximum absolute atomic E-state index is 13.6. The topological polar surface area (TPSA) is 78.0 Å². The fraction of sp³-hybridized carbons (Fsp3) is 0.391. The maximum Gasteiger partial charge on any atom is 0.312 e. The molecule has 170 valence electrons. The van der Waals surface area contributed by atoms with Crippen molar-refractivity contribution in [3.63, 3.8) is 0 Å². The van der Waals surface area contributed by atoms with Gasteiger partial charge in [0.15, 0.2) is 0 Å². The van der Waals surface area contributed by atoms with E-state index in [9.17, 15) is 22.4 Å². The van der Waals surface area contributed by atoms with Gasteiger partial charge in [-0.05, 0) is 43.0 Å². The first kappa shape index (κ1) is 22.4. The van der Waals surface area contributed by atoms with Crippen molar-refractivity contribution in [1.82, 2.24) is 14.1 Å². The van der Waals surface area contributed by atoms with Crippen LogP contribution in [-0.2, 0) is 26.2 Å². The molecule has 9 heteroatoms. The SMILES string of the molecule is Cc1ccc(F)cc1S(=O)(=O)N1CCC(N2CCN(Cc3ccccc3)C(=O)C2=O)CC1. The quantitative estimate of drug-likeness (QED) is 0.642. The van der Waals surface area contributed by atoms with E-state index in [-0.39, 0.29) is 24.0 Å². The van der Waals surface area contributed by atoms with Gasteiger partial charge in [0.25, 0.3) is 0 Å². The molecule has 2 heterocycles. The van der Waals surface area contributed by atoms with Gasteiger partial charge in [0, 0.05) is 38.8 Å². The predicted molar refractivity (Wildman–Crippen MR) is 116 cm³/mol. The van der Waals surface area contributed by atoms with Crippen molar-refractivity contribution in [1.29, 1.82) is 0 Å². The summed E-state index contributed by atoms with van der Waals surface area (Å²) in [6.07, 6.45) is 0.872. The van der Waals surface area contributed by atoms with Gasteiger partial charge in [-0.2, -0.15) is 4.31 Å². The summed E-state index contributed by atoms with van der Waals surface area (Å²) in [5.41, 5.74) is 1.46. The number of piperidine rings is 1. The van der Waals surface area contributed by atoms with Crippen LogP contribution in [0.3, 0.4) is 0 Å². The minimum atomic E-state index is -3.82. The van der Waals surface area contributed by atoms with Gasteiger partial charge in [0.2, 0.25) is 10.0 Å². The Labute approximate surface area is 187 Å². The summed E-state index contributed by atoms with van der Waals surface area (Å²) in [5.74, 6) is -1.65. The number of halogens is 1. The number of carbonyl (C=O) groups excluding carboxylic acids is 2. The minimum absolute atomic E-state index is 0.0308. The molecular formula is C23H26FN3O4S. The van der Waals surface area contributed by atoms with Crippen LogP contribution in [-0.4, -0.2) is 66.6 Å². The van der Waals surface area contributed by atoms with E-state index in [4.69, 9.17) is 0 Å². The largest absolute Gasteiger partial charge is 0.330 e. The van der Waals surface area contributed by atoms with Crippen LogP contribution < -0.4 is 0 Å². The first-order valence-corrected chi connectivity index (χ1v) is 12.1. The van der Waals surface area contributed by atoms with E-state index in [2.05, 4.69) is 0 Å². The van der Waals surface area contributed by atoms with Gasteiger partial charge in [0.1, 0.15) is 5.82 Å². The number of amides is 2. The molecule has 0 radical (unpaired) electrons. The van der Waals surface area contributed by atoms with Crippen molar-refractivity contribution in [2.45, 2.75) is 37.2 Å². The monoisotopic (exact) mass is 459 g/mol. The van der Waals surface area contributed by atoms with Crippen molar-refractivity contribution in [2.75, 3.05) is 26.2 Å². The number of carbonyl (C=O) groups is 2. The summed E-state index contributed by atoms with van der Waals surface area (Å²) in [6.45, 7) is 3.34. The van der Waals surface area contributed by atoms with Gasteiger partial charge in [-0.15, -0.1) is 0 Å². The van der Waals surface area contributed by atoms with E-state index in [1.807, 2.05) is 30.3 Å². The second-order valence-electron chi connectivity index (χ2n) is 8.26. The highest BCUT2D eigenvalue weighted by Crippen LogP contribution is 2.27. The molecule has 32 heavy (non-hydrogen) atoms. The number of nitrogens with zero attached hydrogens (tertiary/aromatic N) is 3. The molecule has 0 bridgehead atoms. The number of sulfonamides is 1. The van der Waals surface area contributed by atoms with Crippen LogP contribution in [0.15, 0.2) is 53.4 Å². The fourth-order valence-corrected chi connectivity index (χ4v) is 6.08. The molecule has 0 N–H and O–H groups in total. The lowest BCUT2D eigenvalue weighted by Gasteiger charge is -2.41. The Morgan fingerprint density at radius 2 is 1.62 bits per heavy atom. The summed E-state index contributed by atoms with van der Waals surface area (Å²) in [4.78, 5) is 28.5. The number of piperazine rings is 1. The Balaban J connectivity index is 1.39. The van der Waals surface area contributed by atoms with E-state index < -0.39 is 27.7 Å². The zero-order chi connectivity index (χ0) is 22.9. The van der Waals surface area contributed by atoms with Gasteiger partial charge in [-0.3, -0.25) is 9.59 Å². The van der Waals surface area contributed by atoms with E-state index >= 15 is 0 Å². The average Bonchev–Trinajstić information content (AvgIpc) is 2.79. The third-order valence-corrected chi connectivity index (χ3v) is 8.23. The zero-order valence-electron chi connectivity index (χ0n) is 17.9. The van der Waals surface area contributed by atoms with Crippen molar-refractivity contribution >= 4 is 21.8 Å². The van der Waals surface area contributed by atoms with Gasteiger partial charge in [-0.25, -0.2) is 12.8 Å². The second kappa shape index (κ2) is 8.99. The van der Waals surface area contributed by atoms with Crippen LogP contribution in [0.25, 0.3) is 0 Å². The average molecular weight is 460 g/mol. The highest BCUT2D eigenvalue weighted by molar-refractivity contribution is 7.89. The molecule has 2 fully saturated rings. The lowest BCUT2D eigenvalue weighted by Crippen LogP contribution is -2.58. The molecule has 2 aliphatic heterocycles. The Hall–Kier alpha value is -2.78. The third kappa shape index (κ3) is 4.40. The molecule has 2 saturated heterocycles. The molecule has 2 aromatic carbocycles. The first-order valence-electron chi connectivity index (χ1n) is 10.7. The van der Waals surface area contributed by atoms with E-state index in [0.717, 1.165) is 11.6 Å². The molecule has 0 aliphatic carbocycles. The molecule has 7 nitrogen and oxygen atoms in total. The smallest absolute Gasteiger partial charge is 0.312 e. The van der Waals surface area contributed by atoms with Crippen LogP contribution in [0.1, 0.15) is 24.0 Å². The summed E-state index contributed by atoms with van der Waals surface area (Å²) in [6, 6.07) is 13.1. The molecule has 0 aromatic heterocycles. The maximum atomic E-state index is 13.6. The minimum Gasteiger partial charge on any atom is -0.330 e. The van der Waals surface area contributed by atoms with Crippen molar-refractivity contribution in [3.8, 4) is 0 Å². The molecule has 4 rings (SSSR count). The molecule has 2 aliphatic rings. The number of hydrogen-bond acceptors (Lipinski definition) is 4. The number of rotatable bonds is 5. The van der Waals surface area contributed by atoms with Crippen LogP contribution in [0.5, 0.6) is 0 Å². The number of aryl methyl sites for hydroxylation is 1. The molecule has 2 amide bonds. The summed E-state index contributed by atoms with van der Waals surface area (Å²) < 4.78 is 41.0. The van der Waals surface area contributed by atoms with Crippen LogP contribution in [0, 0.1) is 12.7 Å². The summed E-state index contributed by atoms with van der Waals surface area (Å²) in [5, 5.41) is 0. The highest BCUT2D eigenvalue weighted by Gasteiger charge is 2.39. The van der Waals surface area contributed by atoms with E-state index in [1.54, 1.807) is 16.7 Å². The molecule has 0 atom stereocenters. The van der Waals surface area contributed by atoms with Crippen LogP contribution >= 0.6 is 0 Å². The zero-order valence-corrected chi connectivity index (χ0v) is 18.7. The Bertz CT molecular complexity index is 1120. The third-order valence-electron chi connectivity index (χ3n) is 6.19. The first-order chi connectivity index (χ1) is 15.3. The normalized spacial score (nSPS) is 18.9. The highest BCUT2D eigenvalue weighted by atomic mass is 32.2.